The summed E-state index contributed by atoms with van der Waals surface area (Å²) in [6.45, 7) is 0.819. The van der Waals surface area contributed by atoms with Gasteiger partial charge in [-0.25, -0.2) is 0 Å². The maximum Gasteiger partial charge on any atom is 0.242 e. The van der Waals surface area contributed by atoms with Crippen molar-refractivity contribution in [2.24, 2.45) is 0 Å². The predicted octanol–water partition coefficient (Wildman–Crippen LogP) is 1.21. The lowest BCUT2D eigenvalue weighted by Gasteiger charge is -2.23. The zero-order valence-electron chi connectivity index (χ0n) is 10.6. The van der Waals surface area contributed by atoms with Gasteiger partial charge in [0.2, 0.25) is 5.91 Å². The summed E-state index contributed by atoms with van der Waals surface area (Å²) in [7, 11) is 1.51. The van der Waals surface area contributed by atoms with Crippen molar-refractivity contribution in [3.8, 4) is 11.8 Å². The lowest BCUT2D eigenvalue weighted by atomic mass is 10.1. The van der Waals surface area contributed by atoms with E-state index in [1.54, 1.807) is 30.0 Å². The molecule has 5 nitrogen and oxygen atoms in total. The summed E-state index contributed by atoms with van der Waals surface area (Å²) in [6.07, 6.45) is 0. The summed E-state index contributed by atoms with van der Waals surface area (Å²) in [5.74, 6) is 2.12. The van der Waals surface area contributed by atoms with Crippen LogP contribution in [0.4, 0.5) is 5.69 Å². The summed E-state index contributed by atoms with van der Waals surface area (Å²) in [4.78, 5) is 12.2. The van der Waals surface area contributed by atoms with Crippen LogP contribution in [0.1, 0.15) is 5.56 Å². The molecule has 19 heavy (non-hydrogen) atoms. The second kappa shape index (κ2) is 6.45. The minimum atomic E-state index is -0.227. The van der Waals surface area contributed by atoms with E-state index in [-0.39, 0.29) is 11.9 Å². The Bertz CT molecular complexity index is 507. The van der Waals surface area contributed by atoms with Crippen LogP contribution in [0.25, 0.3) is 0 Å². The van der Waals surface area contributed by atoms with E-state index in [2.05, 4.69) is 16.7 Å². The molecule has 1 saturated heterocycles. The van der Waals surface area contributed by atoms with Gasteiger partial charge >= 0.3 is 0 Å². The van der Waals surface area contributed by atoms with Gasteiger partial charge in [-0.1, -0.05) is 6.07 Å². The Kier molecular flexibility index (Phi) is 4.66. The molecule has 1 aromatic carbocycles. The quantitative estimate of drug-likeness (QED) is 0.868. The fourth-order valence-corrected chi connectivity index (χ4v) is 2.80. The number of carbonyl (C=O) groups excluding carboxylic acids is 1. The van der Waals surface area contributed by atoms with Crippen molar-refractivity contribution in [3.05, 3.63) is 23.8 Å². The fourth-order valence-electron chi connectivity index (χ4n) is 1.87. The van der Waals surface area contributed by atoms with Gasteiger partial charge in [-0.15, -0.1) is 0 Å². The molecule has 1 aliphatic heterocycles. The van der Waals surface area contributed by atoms with Gasteiger partial charge < -0.3 is 15.4 Å². The molecule has 0 saturated carbocycles. The normalized spacial score (nSPS) is 18.4. The lowest BCUT2D eigenvalue weighted by Crippen LogP contribution is -2.46. The molecule has 1 unspecified atom stereocenters. The Morgan fingerprint density at radius 3 is 3.11 bits per heavy atom. The topological polar surface area (TPSA) is 74.1 Å². The number of ether oxygens (including phenoxy) is 1. The van der Waals surface area contributed by atoms with Gasteiger partial charge in [0.05, 0.1) is 18.7 Å². The first-order valence-electron chi connectivity index (χ1n) is 5.95. The van der Waals surface area contributed by atoms with Crippen molar-refractivity contribution in [2.45, 2.75) is 6.04 Å². The first-order chi connectivity index (χ1) is 9.26. The monoisotopic (exact) mass is 277 g/mol. The molecule has 2 N–H and O–H groups in total. The Labute approximate surface area is 116 Å². The average molecular weight is 277 g/mol. The maximum atomic E-state index is 12.2. The van der Waals surface area contributed by atoms with Crippen LogP contribution in [0.3, 0.4) is 0 Å². The van der Waals surface area contributed by atoms with E-state index in [9.17, 15) is 4.79 Å². The number of methoxy groups -OCH3 is 1. The third-order valence-electron chi connectivity index (χ3n) is 2.85. The smallest absolute Gasteiger partial charge is 0.242 e. The largest absolute Gasteiger partial charge is 0.495 e. The van der Waals surface area contributed by atoms with Crippen molar-refractivity contribution < 1.29 is 9.53 Å². The number of nitrogens with one attached hydrogen (secondary N) is 2. The molecule has 1 aromatic rings. The van der Waals surface area contributed by atoms with Crippen LogP contribution in [0.15, 0.2) is 18.2 Å². The van der Waals surface area contributed by atoms with Gasteiger partial charge in [-0.3, -0.25) is 4.79 Å². The number of rotatable bonds is 3. The first-order valence-corrected chi connectivity index (χ1v) is 7.11. The number of benzene rings is 1. The molecule has 0 radical (unpaired) electrons. The Balaban J connectivity index is 2.18. The summed E-state index contributed by atoms with van der Waals surface area (Å²) in [5, 5.41) is 15.0. The molecule has 100 valence electrons. The summed E-state index contributed by atoms with van der Waals surface area (Å²) >= 11 is 1.74. The second-order valence-corrected chi connectivity index (χ2v) is 5.22. The number of thioether (sulfide) groups is 1. The van der Waals surface area contributed by atoms with Crippen molar-refractivity contribution in [2.75, 3.05) is 30.5 Å². The van der Waals surface area contributed by atoms with Gasteiger partial charge in [0.1, 0.15) is 17.5 Å². The highest BCUT2D eigenvalue weighted by atomic mass is 32.2. The van der Waals surface area contributed by atoms with Crippen LogP contribution < -0.4 is 15.4 Å². The molecule has 0 aromatic heterocycles. The number of hydrogen-bond donors (Lipinski definition) is 2. The van der Waals surface area contributed by atoms with E-state index in [0.29, 0.717) is 17.0 Å². The molecular weight excluding hydrogens is 262 g/mol. The molecule has 1 heterocycles. The van der Waals surface area contributed by atoms with E-state index < -0.39 is 0 Å². The Hall–Kier alpha value is -1.71. The van der Waals surface area contributed by atoms with Crippen LogP contribution in [-0.4, -0.2) is 37.1 Å². The summed E-state index contributed by atoms with van der Waals surface area (Å²) < 4.78 is 5.18. The number of anilines is 1. The first kappa shape index (κ1) is 13.7. The molecule has 0 aliphatic carbocycles. The van der Waals surface area contributed by atoms with Gasteiger partial charge in [0.15, 0.2) is 0 Å². The van der Waals surface area contributed by atoms with Gasteiger partial charge in [0, 0.05) is 18.1 Å². The van der Waals surface area contributed by atoms with E-state index in [1.807, 2.05) is 0 Å². The zero-order valence-corrected chi connectivity index (χ0v) is 11.4. The highest BCUT2D eigenvalue weighted by Gasteiger charge is 2.22. The summed E-state index contributed by atoms with van der Waals surface area (Å²) in [6, 6.07) is 6.93. The standard InChI is InChI=1S/C13H15N3O2S/c1-18-11-4-2-3-9(7-14)12(11)16-13(17)10-8-19-6-5-15-10/h2-4,10,15H,5-6,8H2,1H3,(H,16,17). The molecule has 0 spiro atoms. The van der Waals surface area contributed by atoms with E-state index in [0.717, 1.165) is 18.1 Å². The third kappa shape index (κ3) is 3.19. The van der Waals surface area contributed by atoms with Crippen LogP contribution in [0.2, 0.25) is 0 Å². The highest BCUT2D eigenvalue weighted by Crippen LogP contribution is 2.28. The minimum Gasteiger partial charge on any atom is -0.495 e. The molecule has 2 rings (SSSR count). The molecule has 1 atom stereocenters. The lowest BCUT2D eigenvalue weighted by molar-refractivity contribution is -0.117. The number of carbonyl (C=O) groups is 1. The Morgan fingerprint density at radius 2 is 2.47 bits per heavy atom. The van der Waals surface area contributed by atoms with Crippen LogP contribution in [0, 0.1) is 11.3 Å². The van der Waals surface area contributed by atoms with Crippen molar-refractivity contribution in [3.63, 3.8) is 0 Å². The highest BCUT2D eigenvalue weighted by molar-refractivity contribution is 7.99. The van der Waals surface area contributed by atoms with Crippen molar-refractivity contribution >= 4 is 23.4 Å². The van der Waals surface area contributed by atoms with Crippen LogP contribution in [0.5, 0.6) is 5.75 Å². The predicted molar refractivity (Wildman–Crippen MR) is 75.5 cm³/mol. The Morgan fingerprint density at radius 1 is 1.63 bits per heavy atom. The van der Waals surface area contributed by atoms with Gasteiger partial charge in [0.25, 0.3) is 0 Å². The molecule has 1 fully saturated rings. The molecule has 1 amide bonds. The van der Waals surface area contributed by atoms with Gasteiger partial charge in [-0.2, -0.15) is 17.0 Å². The number of nitrogens with zero attached hydrogens (tertiary/aromatic N) is 1. The maximum absolute atomic E-state index is 12.2. The summed E-state index contributed by atoms with van der Waals surface area (Å²) in [5.41, 5.74) is 0.839. The number of hydrogen-bond acceptors (Lipinski definition) is 5. The number of nitriles is 1. The van der Waals surface area contributed by atoms with E-state index >= 15 is 0 Å². The van der Waals surface area contributed by atoms with Crippen molar-refractivity contribution in [1.82, 2.24) is 5.32 Å². The van der Waals surface area contributed by atoms with E-state index in [4.69, 9.17) is 10.00 Å². The fraction of sp³-hybridized carbons (Fsp3) is 0.385. The average Bonchev–Trinajstić information content (AvgIpc) is 2.48. The van der Waals surface area contributed by atoms with Crippen molar-refractivity contribution in [1.29, 1.82) is 5.26 Å². The SMILES string of the molecule is COc1cccc(C#N)c1NC(=O)C1CSCCN1. The molecule has 1 aliphatic rings. The second-order valence-electron chi connectivity index (χ2n) is 4.07. The van der Waals surface area contributed by atoms with Crippen LogP contribution >= 0.6 is 11.8 Å². The molecule has 6 heteroatoms. The van der Waals surface area contributed by atoms with Crippen LogP contribution in [-0.2, 0) is 4.79 Å². The van der Waals surface area contributed by atoms with Gasteiger partial charge in [-0.05, 0) is 12.1 Å². The minimum absolute atomic E-state index is 0.131. The third-order valence-corrected chi connectivity index (χ3v) is 3.91. The van der Waals surface area contributed by atoms with E-state index in [1.165, 1.54) is 7.11 Å². The number of amides is 1. The number of para-hydroxylation sites is 1. The molecule has 0 bridgehead atoms. The molecular formula is C13H15N3O2S. The zero-order chi connectivity index (χ0) is 13.7.